The molecule has 16 nitrogen and oxygen atoms in total. The molecule has 64 heavy (non-hydrogen) atoms. The highest BCUT2D eigenvalue weighted by molar-refractivity contribution is 7.80. The molecule has 3 saturated heterocycles. The minimum atomic E-state index is -4.87. The Labute approximate surface area is 375 Å². The number of nitrogens with one attached hydrogen (secondary N) is 2. The van der Waals surface area contributed by atoms with Crippen LogP contribution in [0, 0.1) is 11.3 Å². The van der Waals surface area contributed by atoms with E-state index in [2.05, 4.69) is 20.7 Å². The fraction of sp³-hybridized carbons (Fsp3) is 0.550. The second-order valence-corrected chi connectivity index (χ2v) is 16.9. The second-order valence-electron chi connectivity index (χ2n) is 16.5. The first-order chi connectivity index (χ1) is 29.7. The zero-order valence-electron chi connectivity index (χ0n) is 35.0. The van der Waals surface area contributed by atoms with Gasteiger partial charge < -0.3 is 19.9 Å². The maximum Gasteiger partial charge on any atom is 0.419 e. The van der Waals surface area contributed by atoms with Crippen LogP contribution in [-0.4, -0.2) is 134 Å². The first kappa shape index (κ1) is 48.3. The number of nitriles is 1. The summed E-state index contributed by atoms with van der Waals surface area (Å²) in [5, 5.41) is 19.1. The van der Waals surface area contributed by atoms with Crippen molar-refractivity contribution >= 4 is 81.6 Å². The number of hydrogen-bond acceptors (Lipinski definition) is 11. The highest BCUT2D eigenvalue weighted by atomic mass is 35.5. The molecule has 3 aromatic rings. The second kappa shape index (κ2) is 18.8. The van der Waals surface area contributed by atoms with E-state index in [1.807, 2.05) is 0 Å². The Hall–Kier alpha value is -5.15. The molecule has 2 aromatic heterocycles. The number of piperazine rings is 1. The monoisotopic (exact) mass is 941 g/mol. The van der Waals surface area contributed by atoms with E-state index in [9.17, 15) is 45.5 Å². The van der Waals surface area contributed by atoms with Crippen LogP contribution in [0.2, 0.25) is 0 Å². The molecule has 5 amide bonds. The third-order valence-corrected chi connectivity index (χ3v) is 12.4. The van der Waals surface area contributed by atoms with Crippen molar-refractivity contribution in [3.8, 4) is 6.07 Å². The molecule has 0 spiro atoms. The van der Waals surface area contributed by atoms with Gasteiger partial charge in [0.25, 0.3) is 5.91 Å². The van der Waals surface area contributed by atoms with E-state index in [1.165, 1.54) is 15.7 Å². The van der Waals surface area contributed by atoms with Gasteiger partial charge in [0.2, 0.25) is 11.8 Å². The Morgan fingerprint density at radius 3 is 2.45 bits per heavy atom. The molecular weight excluding hydrogens is 896 g/mol. The van der Waals surface area contributed by atoms with Crippen LogP contribution in [0.3, 0.4) is 0 Å². The van der Waals surface area contributed by atoms with Gasteiger partial charge in [0, 0.05) is 64.2 Å². The lowest BCUT2D eigenvalue weighted by Crippen LogP contribution is -2.60. The van der Waals surface area contributed by atoms with Crippen molar-refractivity contribution in [3.05, 3.63) is 41.7 Å². The number of alkyl halides is 6. The molecule has 1 aromatic carbocycles. The van der Waals surface area contributed by atoms with Crippen molar-refractivity contribution in [2.24, 2.45) is 7.05 Å². The summed E-state index contributed by atoms with van der Waals surface area (Å²) in [4.78, 5) is 61.6. The Kier molecular flexibility index (Phi) is 14.2. The molecule has 3 aliphatic heterocycles. The Balaban J connectivity index is 0.00000680. The van der Waals surface area contributed by atoms with E-state index in [4.69, 9.17) is 22.2 Å². The summed E-state index contributed by atoms with van der Waals surface area (Å²) in [5.74, 6) is -1.31. The number of thiocarbonyl (C=S) groups is 1. The first-order valence-electron chi connectivity index (χ1n) is 20.4. The number of halogens is 7. The van der Waals surface area contributed by atoms with Crippen LogP contribution in [0.15, 0.2) is 30.5 Å². The number of benzene rings is 1. The number of rotatable bonds is 11. The van der Waals surface area contributed by atoms with Gasteiger partial charge >= 0.3 is 18.4 Å². The number of urea groups is 1. The van der Waals surface area contributed by atoms with Crippen molar-refractivity contribution in [3.63, 3.8) is 0 Å². The number of nitrogens with zero attached hydrogens (tertiary/aromatic N) is 9. The first-order valence-corrected chi connectivity index (χ1v) is 20.8. The normalized spacial score (nSPS) is 22.4. The van der Waals surface area contributed by atoms with E-state index in [-0.39, 0.29) is 67.2 Å². The van der Waals surface area contributed by atoms with E-state index in [0.717, 1.165) is 16.0 Å². The van der Waals surface area contributed by atoms with Gasteiger partial charge in [-0.05, 0) is 76.4 Å². The largest absolute Gasteiger partial charge is 0.419 e. The van der Waals surface area contributed by atoms with Crippen LogP contribution in [0.1, 0.15) is 63.6 Å². The molecule has 5 heterocycles. The molecule has 1 atom stereocenters. The molecular formula is C40H46ClF6N11O5S. The molecule has 0 radical (unpaired) electrons. The number of fused-ring (bicyclic) bond motifs is 1. The van der Waals surface area contributed by atoms with Crippen LogP contribution in [0.25, 0.3) is 10.9 Å². The number of imide groups is 1. The van der Waals surface area contributed by atoms with Gasteiger partial charge in [0.1, 0.15) is 17.6 Å². The van der Waals surface area contributed by atoms with Crippen LogP contribution in [-0.2, 0) is 32.3 Å². The SMILES string of the molecule is Cl.Cn1nc(N2CCC(=O)NC2=O)c2cccc(NC(=O)CN3CCN(CCCOC4CCC(N5C(=S)N(c6cnc(C#N)c(C(F)(F)F)c6)C(=O)C5(C)C)CC4)C[C@@H]3C(F)(F)F)c21. The molecule has 4 aliphatic rings. The smallest absolute Gasteiger partial charge is 0.378 e. The molecule has 7 rings (SSSR count). The van der Waals surface area contributed by atoms with Crippen LogP contribution >= 0.6 is 24.6 Å². The number of amides is 5. The van der Waals surface area contributed by atoms with Crippen molar-refractivity contribution in [1.29, 1.82) is 5.26 Å². The van der Waals surface area contributed by atoms with E-state index >= 15 is 0 Å². The highest BCUT2D eigenvalue weighted by Gasteiger charge is 2.53. The maximum atomic E-state index is 14.4. The van der Waals surface area contributed by atoms with Gasteiger partial charge in [0.15, 0.2) is 16.6 Å². The quantitative estimate of drug-likeness (QED) is 0.144. The predicted octanol–water partition coefficient (Wildman–Crippen LogP) is 5.34. The van der Waals surface area contributed by atoms with Crippen molar-refractivity contribution in [1.82, 2.24) is 34.8 Å². The zero-order valence-corrected chi connectivity index (χ0v) is 36.6. The van der Waals surface area contributed by atoms with Gasteiger partial charge in [-0.15, -0.1) is 12.4 Å². The number of aryl methyl sites for hydroxylation is 1. The number of carbonyl (C=O) groups excluding carboxylic acids is 4. The molecule has 24 heteroatoms. The molecule has 4 fully saturated rings. The molecule has 0 unspecified atom stereocenters. The summed E-state index contributed by atoms with van der Waals surface area (Å²) < 4.78 is 91.9. The number of anilines is 3. The Bertz CT molecular complexity index is 2350. The Morgan fingerprint density at radius 1 is 1.08 bits per heavy atom. The number of para-hydroxylation sites is 1. The number of hydrogen-bond donors (Lipinski definition) is 2. The van der Waals surface area contributed by atoms with Crippen LogP contribution < -0.4 is 20.4 Å². The predicted molar refractivity (Wildman–Crippen MR) is 227 cm³/mol. The summed E-state index contributed by atoms with van der Waals surface area (Å²) in [6, 6.07) is 4.31. The lowest BCUT2D eigenvalue weighted by molar-refractivity contribution is -0.197. The number of ether oxygens (including phenoxy) is 1. The summed E-state index contributed by atoms with van der Waals surface area (Å²) >= 11 is 5.66. The molecule has 1 aliphatic carbocycles. The molecule has 2 N–H and O–H groups in total. The molecule has 1 saturated carbocycles. The molecule has 346 valence electrons. The van der Waals surface area contributed by atoms with Gasteiger partial charge in [-0.2, -0.15) is 36.7 Å². The van der Waals surface area contributed by atoms with E-state index in [0.29, 0.717) is 74.5 Å². The summed E-state index contributed by atoms with van der Waals surface area (Å²) in [6.45, 7) is 3.48. The maximum absolute atomic E-state index is 14.4. The third kappa shape index (κ3) is 9.75. The van der Waals surface area contributed by atoms with Gasteiger partial charge in [-0.3, -0.25) is 39.1 Å². The minimum Gasteiger partial charge on any atom is -0.378 e. The fourth-order valence-electron chi connectivity index (χ4n) is 8.88. The average Bonchev–Trinajstić information content (AvgIpc) is 3.64. The topological polar surface area (TPSA) is 172 Å². The Morgan fingerprint density at radius 2 is 1.80 bits per heavy atom. The average molecular weight is 942 g/mol. The van der Waals surface area contributed by atoms with Crippen LogP contribution in [0.4, 0.5) is 48.3 Å². The highest BCUT2D eigenvalue weighted by Crippen LogP contribution is 2.40. The number of aromatic nitrogens is 3. The lowest BCUT2D eigenvalue weighted by atomic mass is 9.89. The number of pyridine rings is 1. The zero-order chi connectivity index (χ0) is 45.6. The summed E-state index contributed by atoms with van der Waals surface area (Å²) in [7, 11) is 1.61. The van der Waals surface area contributed by atoms with Crippen molar-refractivity contribution in [2.45, 2.75) is 88.5 Å². The van der Waals surface area contributed by atoms with E-state index in [1.54, 1.807) is 48.9 Å². The van der Waals surface area contributed by atoms with Gasteiger partial charge in [0.05, 0.1) is 41.3 Å². The standard InChI is InChI=1S/C40H45F6N11O5S.ClH/c1-38(2)35(60)56(24-18-27(39(41,42)43)29(19-47)48-20-24)37(63)57(38)23-8-10-25(11-9-23)62-17-5-13-53-15-16-54(30(21-53)40(44,45)46)22-32(59)49-28-7-4-6-26-33(28)52(3)51-34(26)55-14-12-31(58)50-36(55)61;/h4,6-7,18,20,23,25,30H,5,8-17,21-22H2,1-3H3,(H,49,59)(H,50,58,61);1H/t23?,25?,30-;/m1./s1. The van der Waals surface area contributed by atoms with Crippen molar-refractivity contribution < 1.29 is 50.3 Å². The van der Waals surface area contributed by atoms with Crippen molar-refractivity contribution in [2.75, 3.05) is 61.0 Å². The number of carbonyl (C=O) groups is 4. The fourth-order valence-corrected chi connectivity index (χ4v) is 9.44. The van der Waals surface area contributed by atoms with E-state index < -0.39 is 65.5 Å². The molecule has 0 bridgehead atoms. The lowest BCUT2D eigenvalue weighted by Gasteiger charge is -2.42. The van der Waals surface area contributed by atoms with Gasteiger partial charge in [-0.25, -0.2) is 9.78 Å². The van der Waals surface area contributed by atoms with Crippen LogP contribution in [0.5, 0.6) is 0 Å². The minimum absolute atomic E-state index is 0. The van der Waals surface area contributed by atoms with Gasteiger partial charge in [-0.1, -0.05) is 6.07 Å². The summed E-state index contributed by atoms with van der Waals surface area (Å²) in [6.07, 6.45) is -5.75. The summed E-state index contributed by atoms with van der Waals surface area (Å²) in [5.41, 5.74) is -2.69. The third-order valence-electron chi connectivity index (χ3n) is 12.0.